The van der Waals surface area contributed by atoms with Gasteiger partial charge in [-0.05, 0) is 52.1 Å². The Kier molecular flexibility index (Phi) is 3.65. The van der Waals surface area contributed by atoms with Gasteiger partial charge in [-0.2, -0.15) is 0 Å². The van der Waals surface area contributed by atoms with Crippen molar-refractivity contribution in [3.8, 4) is 0 Å². The third kappa shape index (κ3) is 2.52. The van der Waals surface area contributed by atoms with Crippen molar-refractivity contribution in [2.45, 2.75) is 50.7 Å². The van der Waals surface area contributed by atoms with Crippen LogP contribution in [0.4, 0.5) is 0 Å². The Labute approximate surface area is 93.4 Å². The summed E-state index contributed by atoms with van der Waals surface area (Å²) < 4.78 is 0. The van der Waals surface area contributed by atoms with Crippen LogP contribution in [-0.4, -0.2) is 43.2 Å². The fourth-order valence-corrected chi connectivity index (χ4v) is 3.14. The number of nitrogens with one attached hydrogen (secondary N) is 1. The molecule has 2 saturated heterocycles. The van der Waals surface area contributed by atoms with Crippen LogP contribution in [0.1, 0.15) is 32.6 Å². The predicted molar refractivity (Wildman–Crippen MR) is 63.8 cm³/mol. The Bertz CT molecular complexity index is 193. The molecule has 15 heavy (non-hydrogen) atoms. The van der Waals surface area contributed by atoms with E-state index >= 15 is 0 Å². The molecule has 2 rings (SSSR count). The van der Waals surface area contributed by atoms with Crippen LogP contribution in [0.2, 0.25) is 0 Å². The molecule has 2 fully saturated rings. The maximum absolute atomic E-state index is 5.61. The molecule has 2 bridgehead atoms. The minimum absolute atomic E-state index is 0.474. The van der Waals surface area contributed by atoms with Gasteiger partial charge in [-0.1, -0.05) is 0 Å². The van der Waals surface area contributed by atoms with Crippen molar-refractivity contribution in [2.24, 2.45) is 11.7 Å². The highest BCUT2D eigenvalue weighted by molar-refractivity contribution is 4.93. The van der Waals surface area contributed by atoms with Crippen LogP contribution in [0, 0.1) is 5.92 Å². The molecule has 2 heterocycles. The molecule has 0 aliphatic carbocycles. The van der Waals surface area contributed by atoms with Gasteiger partial charge in [0.15, 0.2) is 0 Å². The Morgan fingerprint density at radius 3 is 2.47 bits per heavy atom. The smallest absolute Gasteiger partial charge is 0.0162 e. The second-order valence-corrected chi connectivity index (χ2v) is 5.43. The lowest BCUT2D eigenvalue weighted by atomic mass is 9.91. The van der Waals surface area contributed by atoms with Crippen molar-refractivity contribution in [1.82, 2.24) is 10.2 Å². The van der Waals surface area contributed by atoms with Crippen LogP contribution >= 0.6 is 0 Å². The van der Waals surface area contributed by atoms with E-state index in [0.29, 0.717) is 6.04 Å². The maximum atomic E-state index is 5.61. The van der Waals surface area contributed by atoms with Crippen molar-refractivity contribution >= 4 is 0 Å². The molecule has 3 unspecified atom stereocenters. The summed E-state index contributed by atoms with van der Waals surface area (Å²) in [5, 5.41) is 3.54. The van der Waals surface area contributed by atoms with E-state index in [0.717, 1.165) is 24.5 Å². The fraction of sp³-hybridized carbons (Fsp3) is 1.00. The Hall–Kier alpha value is -0.120. The summed E-state index contributed by atoms with van der Waals surface area (Å²) in [6.45, 7) is 4.09. The minimum Gasteiger partial charge on any atom is -0.329 e. The van der Waals surface area contributed by atoms with Crippen LogP contribution in [0.3, 0.4) is 0 Å². The topological polar surface area (TPSA) is 41.3 Å². The number of hydrogen-bond acceptors (Lipinski definition) is 3. The molecule has 0 radical (unpaired) electrons. The summed E-state index contributed by atoms with van der Waals surface area (Å²) in [6.07, 6.45) is 5.61. The van der Waals surface area contributed by atoms with Crippen LogP contribution in [0.5, 0.6) is 0 Å². The van der Waals surface area contributed by atoms with Crippen LogP contribution in [0.25, 0.3) is 0 Å². The van der Waals surface area contributed by atoms with Gasteiger partial charge in [0.05, 0.1) is 0 Å². The lowest BCUT2D eigenvalue weighted by Crippen LogP contribution is -2.44. The first-order valence-electron chi connectivity index (χ1n) is 6.36. The van der Waals surface area contributed by atoms with Gasteiger partial charge in [-0.3, -0.25) is 0 Å². The first kappa shape index (κ1) is 11.4. The second-order valence-electron chi connectivity index (χ2n) is 5.43. The van der Waals surface area contributed by atoms with Crippen molar-refractivity contribution in [3.63, 3.8) is 0 Å². The molecule has 3 N–H and O–H groups in total. The van der Waals surface area contributed by atoms with Gasteiger partial charge in [-0.25, -0.2) is 0 Å². The van der Waals surface area contributed by atoms with Crippen molar-refractivity contribution < 1.29 is 0 Å². The Morgan fingerprint density at radius 2 is 1.93 bits per heavy atom. The van der Waals surface area contributed by atoms with E-state index in [1.807, 2.05) is 0 Å². The third-order valence-corrected chi connectivity index (χ3v) is 4.30. The zero-order chi connectivity index (χ0) is 10.8. The summed E-state index contributed by atoms with van der Waals surface area (Å²) in [5.41, 5.74) is 5.61. The normalized spacial score (nSPS) is 38.2. The van der Waals surface area contributed by atoms with E-state index in [9.17, 15) is 0 Å². The summed E-state index contributed by atoms with van der Waals surface area (Å²) in [6, 6.07) is 2.20. The lowest BCUT2D eigenvalue weighted by molar-refractivity contribution is 0.131. The highest BCUT2D eigenvalue weighted by Gasteiger charge is 2.37. The number of fused-ring (bicyclic) bond motifs is 2. The highest BCUT2D eigenvalue weighted by Crippen LogP contribution is 2.36. The van der Waals surface area contributed by atoms with Gasteiger partial charge in [-0.15, -0.1) is 0 Å². The van der Waals surface area contributed by atoms with Crippen molar-refractivity contribution in [2.75, 3.05) is 20.1 Å². The van der Waals surface area contributed by atoms with E-state index in [-0.39, 0.29) is 0 Å². The molecule has 0 aromatic heterocycles. The van der Waals surface area contributed by atoms with Crippen molar-refractivity contribution in [1.29, 1.82) is 0 Å². The molecule has 0 amide bonds. The third-order valence-electron chi connectivity index (χ3n) is 4.30. The summed E-state index contributed by atoms with van der Waals surface area (Å²) in [7, 11) is 2.30. The Balaban J connectivity index is 1.77. The molecule has 0 spiro atoms. The molecular formula is C12H25N3. The molecule has 3 atom stereocenters. The summed E-state index contributed by atoms with van der Waals surface area (Å²) in [5.74, 6) is 0.882. The minimum atomic E-state index is 0.474. The molecule has 88 valence electrons. The van der Waals surface area contributed by atoms with E-state index < -0.39 is 0 Å². The van der Waals surface area contributed by atoms with Gasteiger partial charge in [0.25, 0.3) is 0 Å². The predicted octanol–water partition coefficient (Wildman–Crippen LogP) is 0.796. The number of nitrogens with two attached hydrogens (primary N) is 1. The number of piperidine rings is 1. The van der Waals surface area contributed by atoms with E-state index in [4.69, 9.17) is 5.73 Å². The van der Waals surface area contributed by atoms with E-state index in [1.54, 1.807) is 0 Å². The lowest BCUT2D eigenvalue weighted by Gasteiger charge is -2.36. The zero-order valence-corrected chi connectivity index (χ0v) is 10.1. The number of rotatable bonds is 4. The second kappa shape index (κ2) is 4.81. The molecule has 3 nitrogen and oxygen atoms in total. The van der Waals surface area contributed by atoms with Gasteiger partial charge >= 0.3 is 0 Å². The van der Waals surface area contributed by atoms with Gasteiger partial charge in [0.1, 0.15) is 0 Å². The molecule has 0 aromatic rings. The average Bonchev–Trinajstić information content (AvgIpc) is 2.50. The van der Waals surface area contributed by atoms with Crippen LogP contribution in [0.15, 0.2) is 0 Å². The van der Waals surface area contributed by atoms with Crippen LogP contribution < -0.4 is 11.1 Å². The standard InChI is InChI=1S/C12H25N3/c1-9(7-13)14-8-10-5-11-3-4-12(6-10)15(11)2/h9-12,14H,3-8,13H2,1-2H3. The van der Waals surface area contributed by atoms with Crippen molar-refractivity contribution in [3.05, 3.63) is 0 Å². The number of hydrogen-bond donors (Lipinski definition) is 2. The highest BCUT2D eigenvalue weighted by atomic mass is 15.2. The first-order chi connectivity index (χ1) is 7.20. The molecule has 2 aliphatic rings. The van der Waals surface area contributed by atoms with Gasteiger partial charge in [0, 0.05) is 24.7 Å². The Morgan fingerprint density at radius 1 is 1.33 bits per heavy atom. The van der Waals surface area contributed by atoms with Crippen LogP contribution in [-0.2, 0) is 0 Å². The number of nitrogens with zero attached hydrogens (tertiary/aromatic N) is 1. The van der Waals surface area contributed by atoms with Gasteiger partial charge in [0.2, 0.25) is 0 Å². The molecule has 0 saturated carbocycles. The molecule has 2 aliphatic heterocycles. The largest absolute Gasteiger partial charge is 0.329 e. The van der Waals surface area contributed by atoms with E-state index in [2.05, 4.69) is 24.2 Å². The molecule has 3 heteroatoms. The fourth-order valence-electron chi connectivity index (χ4n) is 3.14. The zero-order valence-electron chi connectivity index (χ0n) is 10.1. The quantitative estimate of drug-likeness (QED) is 0.722. The van der Waals surface area contributed by atoms with E-state index in [1.165, 1.54) is 32.2 Å². The maximum Gasteiger partial charge on any atom is 0.0162 e. The summed E-state index contributed by atoms with van der Waals surface area (Å²) in [4.78, 5) is 2.60. The molecular weight excluding hydrogens is 186 g/mol. The molecule has 0 aromatic carbocycles. The van der Waals surface area contributed by atoms with Gasteiger partial charge < -0.3 is 16.0 Å². The monoisotopic (exact) mass is 211 g/mol. The SMILES string of the molecule is CC(CN)NCC1CC2CCC(C1)N2C. The summed E-state index contributed by atoms with van der Waals surface area (Å²) >= 11 is 0. The first-order valence-corrected chi connectivity index (χ1v) is 6.36. The average molecular weight is 211 g/mol.